The van der Waals surface area contributed by atoms with Gasteiger partial charge in [0.2, 0.25) is 0 Å². The molecule has 0 saturated heterocycles. The highest BCUT2D eigenvalue weighted by Crippen LogP contribution is 2.22. The van der Waals surface area contributed by atoms with Crippen LogP contribution in [0.15, 0.2) is 68.6 Å². The molecule has 0 aliphatic heterocycles. The van der Waals surface area contributed by atoms with Crippen LogP contribution in [0.4, 0.5) is 17.1 Å². The summed E-state index contributed by atoms with van der Waals surface area (Å²) < 4.78 is 30.6. The van der Waals surface area contributed by atoms with E-state index in [1.165, 1.54) is 24.3 Å². The SMILES string of the molecule is C=Nc1ccc(N=Nc2ccc(S(=O)(=O)O)cc2)cc1. The summed E-state index contributed by atoms with van der Waals surface area (Å²) in [6.07, 6.45) is 0. The van der Waals surface area contributed by atoms with Crippen LogP contribution in [0.1, 0.15) is 0 Å². The van der Waals surface area contributed by atoms with Crippen molar-refractivity contribution in [1.29, 1.82) is 0 Å². The lowest BCUT2D eigenvalue weighted by molar-refractivity contribution is 0.483. The molecule has 7 heteroatoms. The Bertz CT molecular complexity index is 735. The zero-order valence-corrected chi connectivity index (χ0v) is 11.2. The van der Waals surface area contributed by atoms with Gasteiger partial charge >= 0.3 is 0 Å². The van der Waals surface area contributed by atoms with Crippen LogP contribution in [0, 0.1) is 0 Å². The molecule has 0 heterocycles. The van der Waals surface area contributed by atoms with Crippen molar-refractivity contribution in [2.24, 2.45) is 15.2 Å². The van der Waals surface area contributed by atoms with E-state index in [0.29, 0.717) is 11.4 Å². The van der Waals surface area contributed by atoms with Gasteiger partial charge in [0, 0.05) is 0 Å². The Morgan fingerprint density at radius 2 is 1.20 bits per heavy atom. The molecule has 0 aliphatic carbocycles. The fraction of sp³-hybridized carbons (Fsp3) is 0. The summed E-state index contributed by atoms with van der Waals surface area (Å²) in [5.74, 6) is 0. The van der Waals surface area contributed by atoms with Crippen molar-refractivity contribution in [2.75, 3.05) is 0 Å². The fourth-order valence-corrected chi connectivity index (χ4v) is 1.90. The van der Waals surface area contributed by atoms with Crippen molar-refractivity contribution in [3.8, 4) is 0 Å². The van der Waals surface area contributed by atoms with E-state index in [2.05, 4.69) is 21.9 Å². The molecule has 0 bridgehead atoms. The molecule has 2 rings (SSSR count). The average molecular weight is 289 g/mol. The molecule has 0 aliphatic rings. The monoisotopic (exact) mass is 289 g/mol. The summed E-state index contributed by atoms with van der Waals surface area (Å²) >= 11 is 0. The van der Waals surface area contributed by atoms with E-state index in [1.807, 2.05) is 0 Å². The van der Waals surface area contributed by atoms with E-state index in [9.17, 15) is 8.42 Å². The van der Waals surface area contributed by atoms with E-state index in [0.717, 1.165) is 5.69 Å². The van der Waals surface area contributed by atoms with Crippen LogP contribution in [0.3, 0.4) is 0 Å². The molecule has 102 valence electrons. The van der Waals surface area contributed by atoms with Gasteiger partial charge in [-0.05, 0) is 55.2 Å². The van der Waals surface area contributed by atoms with Crippen molar-refractivity contribution in [3.05, 3.63) is 48.5 Å². The number of hydrogen-bond donors (Lipinski definition) is 1. The molecule has 0 atom stereocenters. The largest absolute Gasteiger partial charge is 0.294 e. The summed E-state index contributed by atoms with van der Waals surface area (Å²) in [5, 5.41) is 7.95. The van der Waals surface area contributed by atoms with Gasteiger partial charge in [0.25, 0.3) is 10.1 Å². The zero-order chi connectivity index (χ0) is 14.6. The van der Waals surface area contributed by atoms with Crippen molar-refractivity contribution in [2.45, 2.75) is 4.90 Å². The highest BCUT2D eigenvalue weighted by molar-refractivity contribution is 7.85. The molecular weight excluding hydrogens is 278 g/mol. The van der Waals surface area contributed by atoms with Crippen molar-refractivity contribution < 1.29 is 13.0 Å². The second-order valence-corrected chi connectivity index (χ2v) is 5.27. The van der Waals surface area contributed by atoms with Gasteiger partial charge in [-0.3, -0.25) is 9.55 Å². The van der Waals surface area contributed by atoms with Crippen LogP contribution in [-0.4, -0.2) is 19.7 Å². The van der Waals surface area contributed by atoms with E-state index >= 15 is 0 Å². The molecule has 6 nitrogen and oxygen atoms in total. The first-order valence-electron chi connectivity index (χ1n) is 5.55. The minimum atomic E-state index is -4.18. The van der Waals surface area contributed by atoms with Gasteiger partial charge in [0.15, 0.2) is 0 Å². The van der Waals surface area contributed by atoms with E-state index in [1.54, 1.807) is 24.3 Å². The normalized spacial score (nSPS) is 11.7. The Morgan fingerprint density at radius 3 is 1.60 bits per heavy atom. The quantitative estimate of drug-likeness (QED) is 0.528. The van der Waals surface area contributed by atoms with Gasteiger partial charge < -0.3 is 0 Å². The van der Waals surface area contributed by atoms with Crippen molar-refractivity contribution in [3.63, 3.8) is 0 Å². The zero-order valence-electron chi connectivity index (χ0n) is 10.3. The van der Waals surface area contributed by atoms with Crippen LogP contribution in [0.2, 0.25) is 0 Å². The average Bonchev–Trinajstić information content (AvgIpc) is 2.45. The summed E-state index contributed by atoms with van der Waals surface area (Å²) in [6.45, 7) is 3.41. The summed E-state index contributed by atoms with van der Waals surface area (Å²) in [5.41, 5.74) is 1.85. The molecule has 0 fully saturated rings. The molecular formula is C13H11N3O3S. The van der Waals surface area contributed by atoms with Gasteiger partial charge in [0.05, 0.1) is 22.0 Å². The first-order chi connectivity index (χ1) is 9.49. The molecule has 2 aromatic carbocycles. The molecule has 0 amide bonds. The Hall–Kier alpha value is -2.38. The predicted molar refractivity (Wildman–Crippen MR) is 76.1 cm³/mol. The lowest BCUT2D eigenvalue weighted by Gasteiger charge is -1.97. The summed E-state index contributed by atoms with van der Waals surface area (Å²) in [4.78, 5) is 3.58. The molecule has 20 heavy (non-hydrogen) atoms. The molecule has 0 radical (unpaired) electrons. The number of hydrogen-bond acceptors (Lipinski definition) is 5. The van der Waals surface area contributed by atoms with E-state index in [-0.39, 0.29) is 4.90 Å². The summed E-state index contributed by atoms with van der Waals surface area (Å²) in [6, 6.07) is 12.4. The van der Waals surface area contributed by atoms with Gasteiger partial charge in [-0.1, -0.05) is 0 Å². The lowest BCUT2D eigenvalue weighted by Crippen LogP contribution is -1.96. The van der Waals surface area contributed by atoms with Gasteiger partial charge in [-0.2, -0.15) is 18.6 Å². The first-order valence-corrected chi connectivity index (χ1v) is 6.99. The third-order valence-electron chi connectivity index (χ3n) is 2.45. The molecule has 0 saturated carbocycles. The number of benzene rings is 2. The maximum Gasteiger partial charge on any atom is 0.294 e. The predicted octanol–water partition coefficient (Wildman–Crippen LogP) is 3.68. The maximum atomic E-state index is 10.9. The first kappa shape index (κ1) is 14.0. The number of azo groups is 1. The smallest absolute Gasteiger partial charge is 0.282 e. The molecule has 1 N–H and O–H groups in total. The number of aliphatic imine (C=N–C) groups is 1. The molecule has 0 aromatic heterocycles. The molecule has 2 aromatic rings. The summed E-state index contributed by atoms with van der Waals surface area (Å²) in [7, 11) is -4.18. The Labute approximate surface area is 116 Å². The van der Waals surface area contributed by atoms with Crippen molar-refractivity contribution >= 4 is 33.9 Å². The van der Waals surface area contributed by atoms with Gasteiger partial charge in [-0.15, -0.1) is 0 Å². The standard InChI is InChI=1S/C13H11N3O3S/c1-14-10-2-4-11(5-3-10)15-16-12-6-8-13(9-7-12)20(17,18)19/h2-9H,1H2,(H,17,18,19). The lowest BCUT2D eigenvalue weighted by atomic mass is 10.3. The van der Waals surface area contributed by atoms with E-state index in [4.69, 9.17) is 4.55 Å². The second kappa shape index (κ2) is 5.72. The molecule has 0 unspecified atom stereocenters. The Morgan fingerprint density at radius 1 is 0.800 bits per heavy atom. The minimum absolute atomic E-state index is 0.183. The van der Waals surface area contributed by atoms with Crippen LogP contribution in [0.25, 0.3) is 0 Å². The highest BCUT2D eigenvalue weighted by Gasteiger charge is 2.07. The topological polar surface area (TPSA) is 91.5 Å². The van der Waals surface area contributed by atoms with Crippen LogP contribution in [0.5, 0.6) is 0 Å². The maximum absolute atomic E-state index is 10.9. The number of nitrogens with zero attached hydrogens (tertiary/aromatic N) is 3. The Kier molecular flexibility index (Phi) is 4.02. The second-order valence-electron chi connectivity index (χ2n) is 3.84. The van der Waals surface area contributed by atoms with Crippen LogP contribution < -0.4 is 0 Å². The molecule has 0 spiro atoms. The minimum Gasteiger partial charge on any atom is -0.282 e. The fourth-order valence-electron chi connectivity index (χ4n) is 1.42. The Balaban J connectivity index is 2.16. The van der Waals surface area contributed by atoms with Crippen LogP contribution >= 0.6 is 0 Å². The van der Waals surface area contributed by atoms with Gasteiger partial charge in [0.1, 0.15) is 0 Å². The third kappa shape index (κ3) is 3.56. The van der Waals surface area contributed by atoms with Crippen LogP contribution in [-0.2, 0) is 10.1 Å². The van der Waals surface area contributed by atoms with Crippen molar-refractivity contribution in [1.82, 2.24) is 0 Å². The van der Waals surface area contributed by atoms with Gasteiger partial charge in [-0.25, -0.2) is 0 Å². The highest BCUT2D eigenvalue weighted by atomic mass is 32.2. The van der Waals surface area contributed by atoms with E-state index < -0.39 is 10.1 Å². The third-order valence-corrected chi connectivity index (χ3v) is 3.32. The number of rotatable bonds is 4.